The number of urea groups is 1. The van der Waals surface area contributed by atoms with Crippen LogP contribution >= 0.6 is 0 Å². The predicted molar refractivity (Wildman–Crippen MR) is 68.4 cm³/mol. The molecule has 0 aromatic rings. The van der Waals surface area contributed by atoms with Crippen molar-refractivity contribution in [3.8, 4) is 0 Å². The second-order valence-electron chi connectivity index (χ2n) is 5.96. The van der Waals surface area contributed by atoms with Gasteiger partial charge in [0.2, 0.25) is 0 Å². The maximum absolute atomic E-state index is 12.3. The Labute approximate surface area is 108 Å². The maximum Gasteiger partial charge on any atom is 0.323 e. The average molecular weight is 260 g/mol. The monoisotopic (exact) mass is 260 g/mol. The SMILES string of the molecule is CN(C(=O)N(CC(=O)O)C(C)(C)C)C(C)(C)CO. The van der Waals surface area contributed by atoms with Crippen LogP contribution in [-0.4, -0.2) is 63.3 Å². The average Bonchev–Trinajstić information content (AvgIpc) is 2.22. The number of amides is 2. The molecular weight excluding hydrogens is 236 g/mol. The zero-order valence-corrected chi connectivity index (χ0v) is 12.0. The number of carboxylic acid groups (broad SMARTS) is 1. The number of aliphatic hydroxyl groups excluding tert-OH is 1. The molecule has 0 radical (unpaired) electrons. The zero-order valence-electron chi connectivity index (χ0n) is 12.0. The van der Waals surface area contributed by atoms with Crippen LogP contribution in [0.5, 0.6) is 0 Å². The molecule has 0 bridgehead atoms. The highest BCUT2D eigenvalue weighted by Crippen LogP contribution is 2.19. The number of hydrogen-bond acceptors (Lipinski definition) is 3. The van der Waals surface area contributed by atoms with Gasteiger partial charge in [-0.1, -0.05) is 0 Å². The molecule has 0 spiro atoms. The lowest BCUT2D eigenvalue weighted by molar-refractivity contribution is -0.139. The van der Waals surface area contributed by atoms with Crippen LogP contribution in [0.15, 0.2) is 0 Å². The number of aliphatic hydroxyl groups is 1. The zero-order chi connectivity index (χ0) is 14.7. The van der Waals surface area contributed by atoms with Gasteiger partial charge in [0.1, 0.15) is 6.54 Å². The van der Waals surface area contributed by atoms with Gasteiger partial charge in [-0.3, -0.25) is 4.79 Å². The van der Waals surface area contributed by atoms with Crippen molar-refractivity contribution in [2.75, 3.05) is 20.2 Å². The maximum atomic E-state index is 12.3. The Morgan fingerprint density at radius 3 is 1.83 bits per heavy atom. The highest BCUT2D eigenvalue weighted by atomic mass is 16.4. The van der Waals surface area contributed by atoms with Crippen LogP contribution < -0.4 is 0 Å². The molecule has 2 N–H and O–H groups in total. The standard InChI is InChI=1S/C12H24N2O4/c1-11(2,3)14(7-9(16)17)10(18)13(6)12(4,5)8-15/h15H,7-8H2,1-6H3,(H,16,17). The Hall–Kier alpha value is -1.30. The number of carbonyl (C=O) groups is 2. The van der Waals surface area contributed by atoms with Gasteiger partial charge in [0.05, 0.1) is 12.1 Å². The van der Waals surface area contributed by atoms with Crippen LogP contribution in [-0.2, 0) is 4.79 Å². The normalized spacial score (nSPS) is 12.2. The first-order chi connectivity index (χ1) is 7.93. The lowest BCUT2D eigenvalue weighted by atomic mass is 10.0. The summed E-state index contributed by atoms with van der Waals surface area (Å²) in [5.74, 6) is -1.06. The minimum Gasteiger partial charge on any atom is -0.480 e. The Bertz CT molecular complexity index is 321. The van der Waals surface area contributed by atoms with Crippen LogP contribution in [0, 0.1) is 0 Å². The van der Waals surface area contributed by atoms with E-state index in [9.17, 15) is 14.7 Å². The lowest BCUT2D eigenvalue weighted by Crippen LogP contribution is -2.58. The fraction of sp³-hybridized carbons (Fsp3) is 0.833. The number of hydrogen-bond donors (Lipinski definition) is 2. The number of carbonyl (C=O) groups excluding carboxylic acids is 1. The van der Waals surface area contributed by atoms with E-state index in [2.05, 4.69) is 0 Å². The molecule has 0 aromatic carbocycles. The Morgan fingerprint density at radius 1 is 1.11 bits per heavy atom. The molecule has 0 rings (SSSR count). The van der Waals surface area contributed by atoms with Crippen LogP contribution in [0.2, 0.25) is 0 Å². The summed E-state index contributed by atoms with van der Waals surface area (Å²) in [6.07, 6.45) is 0. The Kier molecular flexibility index (Phi) is 5.16. The highest BCUT2D eigenvalue weighted by molar-refractivity contribution is 5.81. The summed E-state index contributed by atoms with van der Waals surface area (Å²) in [5, 5.41) is 18.1. The fourth-order valence-corrected chi connectivity index (χ4v) is 1.27. The van der Waals surface area contributed by atoms with Crippen LogP contribution in [0.25, 0.3) is 0 Å². The van der Waals surface area contributed by atoms with E-state index in [1.165, 1.54) is 9.80 Å². The van der Waals surface area contributed by atoms with E-state index < -0.39 is 23.1 Å². The van der Waals surface area contributed by atoms with E-state index >= 15 is 0 Å². The first kappa shape index (κ1) is 16.7. The minimum atomic E-state index is -1.06. The molecule has 0 aliphatic carbocycles. The van der Waals surface area contributed by atoms with Crippen molar-refractivity contribution in [2.24, 2.45) is 0 Å². The van der Waals surface area contributed by atoms with Crippen molar-refractivity contribution in [1.29, 1.82) is 0 Å². The van der Waals surface area contributed by atoms with Gasteiger partial charge in [0, 0.05) is 12.6 Å². The first-order valence-electron chi connectivity index (χ1n) is 5.81. The van der Waals surface area contributed by atoms with Gasteiger partial charge in [0.15, 0.2) is 0 Å². The van der Waals surface area contributed by atoms with Crippen molar-refractivity contribution in [2.45, 2.75) is 45.7 Å². The Balaban J connectivity index is 5.15. The van der Waals surface area contributed by atoms with Crippen LogP contribution in [0.3, 0.4) is 0 Å². The number of likely N-dealkylation sites (N-methyl/N-ethyl adjacent to an activating group) is 1. The van der Waals surface area contributed by atoms with Gasteiger partial charge < -0.3 is 20.0 Å². The summed E-state index contributed by atoms with van der Waals surface area (Å²) in [6, 6.07) is -0.413. The summed E-state index contributed by atoms with van der Waals surface area (Å²) in [7, 11) is 1.55. The lowest BCUT2D eigenvalue weighted by Gasteiger charge is -2.42. The van der Waals surface area contributed by atoms with E-state index in [4.69, 9.17) is 5.11 Å². The quantitative estimate of drug-likeness (QED) is 0.790. The molecule has 0 saturated carbocycles. The molecule has 106 valence electrons. The van der Waals surface area contributed by atoms with Crippen molar-refractivity contribution in [3.05, 3.63) is 0 Å². The molecule has 0 aliphatic heterocycles. The first-order valence-corrected chi connectivity index (χ1v) is 5.81. The molecule has 0 atom stereocenters. The van der Waals surface area contributed by atoms with Crippen molar-refractivity contribution in [3.63, 3.8) is 0 Å². The predicted octanol–water partition coefficient (Wildman–Crippen LogP) is 0.994. The molecule has 0 fully saturated rings. The summed E-state index contributed by atoms with van der Waals surface area (Å²) in [6.45, 7) is 8.18. The minimum absolute atomic E-state index is 0.194. The topological polar surface area (TPSA) is 81.1 Å². The van der Waals surface area contributed by atoms with Gasteiger partial charge in [-0.15, -0.1) is 0 Å². The van der Waals surface area contributed by atoms with Gasteiger partial charge >= 0.3 is 12.0 Å². The second-order valence-corrected chi connectivity index (χ2v) is 5.96. The summed E-state index contributed by atoms with van der Waals surface area (Å²) < 4.78 is 0. The van der Waals surface area contributed by atoms with E-state index in [0.29, 0.717) is 0 Å². The van der Waals surface area contributed by atoms with E-state index in [1.54, 1.807) is 41.7 Å². The fourth-order valence-electron chi connectivity index (χ4n) is 1.27. The van der Waals surface area contributed by atoms with Crippen molar-refractivity contribution < 1.29 is 19.8 Å². The number of aliphatic carboxylic acids is 1. The van der Waals surface area contributed by atoms with E-state index in [1.807, 2.05) is 0 Å². The molecule has 6 nitrogen and oxygen atoms in total. The van der Waals surface area contributed by atoms with Gasteiger partial charge in [-0.2, -0.15) is 0 Å². The third-order valence-corrected chi connectivity index (χ3v) is 2.92. The van der Waals surface area contributed by atoms with Gasteiger partial charge in [-0.05, 0) is 34.6 Å². The molecule has 0 aliphatic rings. The highest BCUT2D eigenvalue weighted by Gasteiger charge is 2.35. The molecule has 0 saturated heterocycles. The third-order valence-electron chi connectivity index (χ3n) is 2.92. The second kappa shape index (κ2) is 5.56. The molecule has 18 heavy (non-hydrogen) atoms. The number of rotatable bonds is 4. The van der Waals surface area contributed by atoms with E-state index in [0.717, 1.165) is 0 Å². The number of carboxylic acids is 1. The summed E-state index contributed by atoms with van der Waals surface area (Å²) in [4.78, 5) is 25.8. The molecule has 0 aromatic heterocycles. The molecule has 0 unspecified atom stereocenters. The molecule has 6 heteroatoms. The molecule has 0 heterocycles. The summed E-state index contributed by atoms with van der Waals surface area (Å²) in [5.41, 5.74) is -1.34. The smallest absolute Gasteiger partial charge is 0.323 e. The van der Waals surface area contributed by atoms with Gasteiger partial charge in [-0.25, -0.2) is 4.79 Å². The largest absolute Gasteiger partial charge is 0.480 e. The Morgan fingerprint density at radius 2 is 1.56 bits per heavy atom. The van der Waals surface area contributed by atoms with Crippen LogP contribution in [0.4, 0.5) is 4.79 Å². The third kappa shape index (κ3) is 4.18. The number of nitrogens with zero attached hydrogens (tertiary/aromatic N) is 2. The molecular formula is C12H24N2O4. The summed E-state index contributed by atoms with van der Waals surface area (Å²) >= 11 is 0. The van der Waals surface area contributed by atoms with Crippen LogP contribution in [0.1, 0.15) is 34.6 Å². The van der Waals surface area contributed by atoms with Crippen molar-refractivity contribution in [1.82, 2.24) is 9.80 Å². The van der Waals surface area contributed by atoms with E-state index in [-0.39, 0.29) is 13.2 Å². The van der Waals surface area contributed by atoms with Gasteiger partial charge in [0.25, 0.3) is 0 Å². The van der Waals surface area contributed by atoms with Crippen molar-refractivity contribution >= 4 is 12.0 Å². The molecule has 2 amide bonds.